The fraction of sp³-hybridized carbons (Fsp3) is 0.125. The number of carbonyl (C=O) groups excluding carboxylic acids is 1. The van der Waals surface area contributed by atoms with Gasteiger partial charge in [-0.2, -0.15) is 0 Å². The molecule has 32 heavy (non-hydrogen) atoms. The van der Waals surface area contributed by atoms with Gasteiger partial charge in [-0.1, -0.05) is 41.4 Å². The van der Waals surface area contributed by atoms with E-state index in [1.807, 2.05) is 6.92 Å². The van der Waals surface area contributed by atoms with E-state index >= 15 is 0 Å². The van der Waals surface area contributed by atoms with E-state index in [1.165, 1.54) is 30.5 Å². The van der Waals surface area contributed by atoms with E-state index in [2.05, 4.69) is 4.99 Å². The lowest BCUT2D eigenvalue weighted by Gasteiger charge is -2.11. The Morgan fingerprint density at radius 1 is 1.06 bits per heavy atom. The molecule has 3 aromatic rings. The zero-order valence-electron chi connectivity index (χ0n) is 17.0. The minimum atomic E-state index is -1.16. The standard InChI is InChI=1S/C24H20ClNO6/c1-14-2-6-16(7-3-14)24(31)32-21-12-18(25)11-17(22(21)28)13-26-20(23(29)30)10-15-4-8-19(27)9-5-15/h2-9,11-13,20,27-28H,10H2,1H3,(H,29,30). The molecule has 7 nitrogen and oxygen atoms in total. The van der Waals surface area contributed by atoms with Crippen LogP contribution in [0.5, 0.6) is 17.2 Å². The van der Waals surface area contributed by atoms with Gasteiger partial charge >= 0.3 is 11.9 Å². The topological polar surface area (TPSA) is 116 Å². The van der Waals surface area contributed by atoms with Crippen LogP contribution in [0.4, 0.5) is 0 Å². The number of rotatable bonds is 7. The Morgan fingerprint density at radius 2 is 1.72 bits per heavy atom. The van der Waals surface area contributed by atoms with Gasteiger partial charge in [-0.3, -0.25) is 4.99 Å². The van der Waals surface area contributed by atoms with Crippen molar-refractivity contribution in [3.8, 4) is 17.2 Å². The van der Waals surface area contributed by atoms with Crippen molar-refractivity contribution >= 4 is 29.8 Å². The molecule has 164 valence electrons. The second-order valence-corrected chi connectivity index (χ2v) is 7.54. The maximum atomic E-state index is 12.4. The van der Waals surface area contributed by atoms with Crippen molar-refractivity contribution in [2.75, 3.05) is 0 Å². The Labute approximate surface area is 189 Å². The summed E-state index contributed by atoms with van der Waals surface area (Å²) in [5.74, 6) is -2.34. The molecular weight excluding hydrogens is 434 g/mol. The first kappa shape index (κ1) is 22.8. The van der Waals surface area contributed by atoms with Crippen molar-refractivity contribution in [2.24, 2.45) is 4.99 Å². The minimum Gasteiger partial charge on any atom is -0.508 e. The molecule has 0 aliphatic heterocycles. The number of esters is 1. The summed E-state index contributed by atoms with van der Waals surface area (Å²) in [5.41, 5.74) is 2.03. The maximum absolute atomic E-state index is 12.4. The van der Waals surface area contributed by atoms with Crippen molar-refractivity contribution in [2.45, 2.75) is 19.4 Å². The first-order valence-electron chi connectivity index (χ1n) is 9.58. The van der Waals surface area contributed by atoms with Crippen LogP contribution in [-0.4, -0.2) is 39.5 Å². The lowest BCUT2D eigenvalue weighted by atomic mass is 10.1. The predicted octanol–water partition coefficient (Wildman–Crippen LogP) is 4.39. The SMILES string of the molecule is Cc1ccc(C(=O)Oc2cc(Cl)cc(C=NC(Cc3ccc(O)cc3)C(=O)O)c2O)cc1. The number of carboxylic acids is 1. The highest BCUT2D eigenvalue weighted by atomic mass is 35.5. The summed E-state index contributed by atoms with van der Waals surface area (Å²) in [4.78, 5) is 28.0. The van der Waals surface area contributed by atoms with Crippen LogP contribution in [0.25, 0.3) is 0 Å². The van der Waals surface area contributed by atoms with Crippen molar-refractivity contribution in [1.29, 1.82) is 0 Å². The Kier molecular flexibility index (Phi) is 7.12. The molecule has 3 aromatic carbocycles. The number of halogens is 1. The molecule has 0 aliphatic carbocycles. The molecule has 0 radical (unpaired) electrons. The normalized spacial score (nSPS) is 11.9. The highest BCUT2D eigenvalue weighted by Gasteiger charge is 2.18. The van der Waals surface area contributed by atoms with E-state index in [-0.39, 0.29) is 28.5 Å². The smallest absolute Gasteiger partial charge is 0.343 e. The Morgan fingerprint density at radius 3 is 2.34 bits per heavy atom. The number of nitrogens with zero attached hydrogens (tertiary/aromatic N) is 1. The molecule has 0 aliphatic rings. The zero-order chi connectivity index (χ0) is 23.3. The van der Waals surface area contributed by atoms with Gasteiger partial charge in [-0.25, -0.2) is 9.59 Å². The van der Waals surface area contributed by atoms with Gasteiger partial charge in [0.05, 0.1) is 5.56 Å². The van der Waals surface area contributed by atoms with Crippen LogP contribution < -0.4 is 4.74 Å². The average Bonchev–Trinajstić information content (AvgIpc) is 2.75. The first-order valence-corrected chi connectivity index (χ1v) is 9.96. The van der Waals surface area contributed by atoms with Crippen molar-refractivity contribution < 1.29 is 29.6 Å². The highest BCUT2D eigenvalue weighted by molar-refractivity contribution is 6.31. The van der Waals surface area contributed by atoms with Gasteiger partial charge in [0, 0.05) is 29.3 Å². The van der Waals surface area contributed by atoms with Crippen molar-refractivity contribution in [3.05, 3.63) is 87.9 Å². The number of aryl methyl sites for hydroxylation is 1. The number of ether oxygens (including phenoxy) is 1. The molecule has 0 aromatic heterocycles. The number of aliphatic carboxylic acids is 1. The van der Waals surface area contributed by atoms with Crippen LogP contribution in [0.3, 0.4) is 0 Å². The second kappa shape index (κ2) is 9.98. The number of phenols is 2. The van der Waals surface area contributed by atoms with Crippen LogP contribution in [0.2, 0.25) is 5.02 Å². The number of aliphatic imine (C=N–C) groups is 1. The molecule has 0 saturated heterocycles. The Bertz CT molecular complexity index is 1160. The molecule has 0 amide bonds. The lowest BCUT2D eigenvalue weighted by molar-refractivity contribution is -0.138. The summed E-state index contributed by atoms with van der Waals surface area (Å²) in [6.45, 7) is 1.88. The van der Waals surface area contributed by atoms with Gasteiger partial charge in [-0.15, -0.1) is 0 Å². The predicted molar refractivity (Wildman–Crippen MR) is 120 cm³/mol. The largest absolute Gasteiger partial charge is 0.508 e. The Balaban J connectivity index is 1.82. The fourth-order valence-electron chi connectivity index (χ4n) is 2.85. The lowest BCUT2D eigenvalue weighted by Crippen LogP contribution is -2.21. The van der Waals surface area contributed by atoms with Crippen molar-refractivity contribution in [1.82, 2.24) is 0 Å². The monoisotopic (exact) mass is 453 g/mol. The number of carbonyl (C=O) groups is 2. The van der Waals surface area contributed by atoms with Gasteiger partial charge in [0.2, 0.25) is 0 Å². The number of benzene rings is 3. The highest BCUT2D eigenvalue weighted by Crippen LogP contribution is 2.33. The molecule has 1 atom stereocenters. The van der Waals surface area contributed by atoms with Gasteiger partial charge in [0.15, 0.2) is 17.5 Å². The first-order chi connectivity index (χ1) is 15.2. The molecule has 8 heteroatoms. The third-order valence-electron chi connectivity index (χ3n) is 4.60. The molecule has 0 fully saturated rings. The molecule has 3 N–H and O–H groups in total. The minimum absolute atomic E-state index is 0.0701. The molecule has 1 unspecified atom stereocenters. The quantitative estimate of drug-likeness (QED) is 0.277. The molecule has 3 rings (SSSR count). The molecule has 0 spiro atoms. The van der Waals surface area contributed by atoms with Gasteiger partial charge < -0.3 is 20.1 Å². The van der Waals surface area contributed by atoms with Crippen LogP contribution in [0.1, 0.15) is 27.0 Å². The van der Waals surface area contributed by atoms with E-state index in [0.29, 0.717) is 11.1 Å². The fourth-order valence-corrected chi connectivity index (χ4v) is 3.07. The average molecular weight is 454 g/mol. The summed E-state index contributed by atoms with van der Waals surface area (Å²) < 4.78 is 5.28. The van der Waals surface area contributed by atoms with E-state index in [0.717, 1.165) is 5.56 Å². The summed E-state index contributed by atoms with van der Waals surface area (Å²) in [7, 11) is 0. The third kappa shape index (κ3) is 5.86. The van der Waals surface area contributed by atoms with E-state index in [4.69, 9.17) is 16.3 Å². The van der Waals surface area contributed by atoms with E-state index < -0.39 is 23.7 Å². The van der Waals surface area contributed by atoms with Crippen LogP contribution in [-0.2, 0) is 11.2 Å². The molecular formula is C24H20ClNO6. The van der Waals surface area contributed by atoms with Crippen LogP contribution in [0, 0.1) is 6.92 Å². The van der Waals surface area contributed by atoms with Gasteiger partial charge in [0.1, 0.15) is 5.75 Å². The van der Waals surface area contributed by atoms with Crippen LogP contribution in [0.15, 0.2) is 65.7 Å². The zero-order valence-corrected chi connectivity index (χ0v) is 17.8. The van der Waals surface area contributed by atoms with E-state index in [1.54, 1.807) is 36.4 Å². The molecule has 0 heterocycles. The molecule has 0 saturated carbocycles. The number of phenolic OH excluding ortho intramolecular Hbond substituents is 2. The second-order valence-electron chi connectivity index (χ2n) is 7.10. The number of carboxylic acid groups (broad SMARTS) is 1. The van der Waals surface area contributed by atoms with Gasteiger partial charge in [0.25, 0.3) is 0 Å². The van der Waals surface area contributed by atoms with Crippen LogP contribution >= 0.6 is 11.6 Å². The summed E-state index contributed by atoms with van der Waals surface area (Å²) in [6, 6.07) is 14.3. The van der Waals surface area contributed by atoms with Crippen molar-refractivity contribution in [3.63, 3.8) is 0 Å². The summed E-state index contributed by atoms with van der Waals surface area (Å²) in [5, 5.41) is 29.5. The molecule has 0 bridgehead atoms. The number of hydrogen-bond acceptors (Lipinski definition) is 6. The Hall–Kier alpha value is -3.84. The third-order valence-corrected chi connectivity index (χ3v) is 4.82. The number of hydrogen-bond donors (Lipinski definition) is 3. The van der Waals surface area contributed by atoms with Gasteiger partial charge in [-0.05, 0) is 42.8 Å². The van der Waals surface area contributed by atoms with E-state index in [9.17, 15) is 24.9 Å². The summed E-state index contributed by atoms with van der Waals surface area (Å²) >= 11 is 6.09. The summed E-state index contributed by atoms with van der Waals surface area (Å²) in [6.07, 6.45) is 1.24. The maximum Gasteiger partial charge on any atom is 0.343 e. The number of aromatic hydroxyl groups is 2.